The monoisotopic (exact) mass is 289 g/mol. The fraction of sp³-hybridized carbons (Fsp3) is 0.364. The summed E-state index contributed by atoms with van der Waals surface area (Å²) in [7, 11) is -1.64. The molecular formula is C11H16FN3O3S. The van der Waals surface area contributed by atoms with E-state index in [-0.39, 0.29) is 29.2 Å². The summed E-state index contributed by atoms with van der Waals surface area (Å²) in [5, 5.41) is 0. The number of carbonyl (C=O) groups excluding carboxylic acids is 1. The Morgan fingerprint density at radius 3 is 2.47 bits per heavy atom. The molecule has 1 aromatic carbocycles. The third kappa shape index (κ3) is 4.09. The van der Waals surface area contributed by atoms with Crippen LogP contribution in [-0.2, 0) is 9.84 Å². The maximum absolute atomic E-state index is 13.7. The fourth-order valence-electron chi connectivity index (χ4n) is 1.51. The zero-order valence-electron chi connectivity index (χ0n) is 10.7. The molecule has 0 bridgehead atoms. The number of anilines is 2. The molecule has 0 saturated carbocycles. The van der Waals surface area contributed by atoms with Crippen molar-refractivity contribution in [3.63, 3.8) is 0 Å². The Labute approximate surface area is 111 Å². The van der Waals surface area contributed by atoms with Crippen LogP contribution < -0.4 is 16.4 Å². The second kappa shape index (κ2) is 5.43. The van der Waals surface area contributed by atoms with Crippen LogP contribution in [0.4, 0.5) is 15.8 Å². The number of nitrogen functional groups attached to an aromatic ring is 1. The first-order valence-electron chi connectivity index (χ1n) is 5.39. The molecule has 19 heavy (non-hydrogen) atoms. The minimum absolute atomic E-state index is 0.00241. The van der Waals surface area contributed by atoms with Crippen molar-refractivity contribution in [2.75, 3.05) is 36.2 Å². The maximum atomic E-state index is 13.7. The van der Waals surface area contributed by atoms with E-state index in [9.17, 15) is 17.6 Å². The van der Waals surface area contributed by atoms with Crippen LogP contribution in [0.1, 0.15) is 10.4 Å². The normalized spacial score (nSPS) is 11.3. The van der Waals surface area contributed by atoms with Crippen molar-refractivity contribution in [2.45, 2.75) is 0 Å². The number of primary amides is 1. The first-order chi connectivity index (χ1) is 8.61. The van der Waals surface area contributed by atoms with Gasteiger partial charge in [-0.3, -0.25) is 4.79 Å². The Morgan fingerprint density at radius 1 is 1.42 bits per heavy atom. The van der Waals surface area contributed by atoms with E-state index in [2.05, 4.69) is 0 Å². The second-order valence-electron chi connectivity index (χ2n) is 4.31. The summed E-state index contributed by atoms with van der Waals surface area (Å²) in [5.41, 5.74) is 10.6. The lowest BCUT2D eigenvalue weighted by Crippen LogP contribution is -2.26. The molecule has 0 aliphatic carbocycles. The Morgan fingerprint density at radius 2 is 2.00 bits per heavy atom. The smallest absolute Gasteiger partial charge is 0.250 e. The molecule has 0 fully saturated rings. The molecule has 0 saturated heterocycles. The number of nitrogens with two attached hydrogens (primary N) is 2. The van der Waals surface area contributed by atoms with Gasteiger partial charge in [0.05, 0.1) is 17.0 Å². The van der Waals surface area contributed by atoms with Crippen LogP contribution in [0.25, 0.3) is 0 Å². The van der Waals surface area contributed by atoms with Crippen LogP contribution in [0.2, 0.25) is 0 Å². The summed E-state index contributed by atoms with van der Waals surface area (Å²) in [6.45, 7) is 0.0951. The lowest BCUT2D eigenvalue weighted by Gasteiger charge is -2.20. The SMILES string of the molecule is CN(CCS(C)(=O)=O)c1cc(C(N)=O)c(N)cc1F. The number of benzene rings is 1. The Kier molecular flexibility index (Phi) is 4.35. The molecule has 0 radical (unpaired) electrons. The summed E-state index contributed by atoms with van der Waals surface area (Å²) in [6.07, 6.45) is 1.09. The number of amides is 1. The van der Waals surface area contributed by atoms with Gasteiger partial charge in [0.15, 0.2) is 0 Å². The van der Waals surface area contributed by atoms with Crippen molar-refractivity contribution >= 4 is 27.1 Å². The minimum Gasteiger partial charge on any atom is -0.398 e. The lowest BCUT2D eigenvalue weighted by atomic mass is 10.1. The standard InChI is InChI=1S/C11H16FN3O3S/c1-15(3-4-19(2,17)18)10-5-7(11(14)16)9(13)6-8(10)12/h5-6H,3-4,13H2,1-2H3,(H2,14,16). The van der Waals surface area contributed by atoms with Gasteiger partial charge in [-0.05, 0) is 12.1 Å². The van der Waals surface area contributed by atoms with Gasteiger partial charge in [0.1, 0.15) is 15.7 Å². The van der Waals surface area contributed by atoms with E-state index in [0.29, 0.717) is 0 Å². The van der Waals surface area contributed by atoms with E-state index in [1.165, 1.54) is 18.0 Å². The maximum Gasteiger partial charge on any atom is 0.250 e. The van der Waals surface area contributed by atoms with Gasteiger partial charge in [-0.25, -0.2) is 12.8 Å². The van der Waals surface area contributed by atoms with Crippen molar-refractivity contribution in [1.82, 2.24) is 0 Å². The molecule has 106 valence electrons. The molecule has 0 aliphatic rings. The number of rotatable bonds is 5. The highest BCUT2D eigenvalue weighted by atomic mass is 32.2. The number of halogens is 1. The first kappa shape index (κ1) is 15.2. The molecule has 0 heterocycles. The summed E-state index contributed by atoms with van der Waals surface area (Å²) in [6, 6.07) is 2.21. The molecule has 0 aromatic heterocycles. The molecule has 1 amide bonds. The molecule has 1 rings (SSSR count). The van der Waals surface area contributed by atoms with Gasteiger partial charge in [-0.2, -0.15) is 0 Å². The number of sulfone groups is 1. The molecule has 0 spiro atoms. The summed E-state index contributed by atoms with van der Waals surface area (Å²) in [5.74, 6) is -1.53. The highest BCUT2D eigenvalue weighted by Crippen LogP contribution is 2.24. The zero-order chi connectivity index (χ0) is 14.8. The third-order valence-electron chi connectivity index (χ3n) is 2.59. The minimum atomic E-state index is -3.16. The molecule has 1 aromatic rings. The lowest BCUT2D eigenvalue weighted by molar-refractivity contribution is 0.100. The molecule has 8 heteroatoms. The quantitative estimate of drug-likeness (QED) is 0.741. The average Bonchev–Trinajstić information content (AvgIpc) is 2.24. The Hall–Kier alpha value is -1.83. The van der Waals surface area contributed by atoms with E-state index >= 15 is 0 Å². The van der Waals surface area contributed by atoms with Crippen LogP contribution in [0.3, 0.4) is 0 Å². The van der Waals surface area contributed by atoms with Gasteiger partial charge >= 0.3 is 0 Å². The topological polar surface area (TPSA) is 106 Å². The third-order valence-corrected chi connectivity index (χ3v) is 3.52. The number of nitrogens with zero attached hydrogens (tertiary/aromatic N) is 1. The summed E-state index contributed by atoms with van der Waals surface area (Å²) in [4.78, 5) is 12.5. The molecule has 0 atom stereocenters. The van der Waals surface area contributed by atoms with E-state index in [1.807, 2.05) is 0 Å². The van der Waals surface area contributed by atoms with Crippen molar-refractivity contribution in [2.24, 2.45) is 5.73 Å². The Bertz CT molecular complexity index is 601. The highest BCUT2D eigenvalue weighted by molar-refractivity contribution is 7.90. The largest absolute Gasteiger partial charge is 0.398 e. The second-order valence-corrected chi connectivity index (χ2v) is 6.57. The van der Waals surface area contributed by atoms with Crippen LogP contribution in [0, 0.1) is 5.82 Å². The number of carbonyl (C=O) groups is 1. The van der Waals surface area contributed by atoms with Crippen molar-refractivity contribution in [3.05, 3.63) is 23.5 Å². The molecule has 0 unspecified atom stereocenters. The van der Waals surface area contributed by atoms with Crippen LogP contribution in [0.5, 0.6) is 0 Å². The highest BCUT2D eigenvalue weighted by Gasteiger charge is 2.15. The van der Waals surface area contributed by atoms with Gasteiger partial charge in [-0.15, -0.1) is 0 Å². The van der Waals surface area contributed by atoms with Gasteiger partial charge in [0, 0.05) is 25.5 Å². The van der Waals surface area contributed by atoms with Gasteiger partial charge in [-0.1, -0.05) is 0 Å². The van der Waals surface area contributed by atoms with Gasteiger partial charge in [0.2, 0.25) is 0 Å². The van der Waals surface area contributed by atoms with Crippen molar-refractivity contribution in [1.29, 1.82) is 0 Å². The summed E-state index contributed by atoms with van der Waals surface area (Å²) >= 11 is 0. The Balaban J connectivity index is 3.06. The molecule has 4 N–H and O–H groups in total. The van der Waals surface area contributed by atoms with E-state index < -0.39 is 21.6 Å². The predicted octanol–water partition coefficient (Wildman–Crippen LogP) is -0.0124. The number of hydrogen-bond donors (Lipinski definition) is 2. The average molecular weight is 289 g/mol. The zero-order valence-corrected chi connectivity index (χ0v) is 11.5. The van der Waals surface area contributed by atoms with E-state index in [0.717, 1.165) is 12.3 Å². The van der Waals surface area contributed by atoms with E-state index in [4.69, 9.17) is 11.5 Å². The van der Waals surface area contributed by atoms with Gasteiger partial charge < -0.3 is 16.4 Å². The van der Waals surface area contributed by atoms with Gasteiger partial charge in [0.25, 0.3) is 5.91 Å². The fourth-order valence-corrected chi connectivity index (χ4v) is 2.11. The molecule has 6 nitrogen and oxygen atoms in total. The van der Waals surface area contributed by atoms with Crippen LogP contribution in [-0.4, -0.2) is 39.9 Å². The van der Waals surface area contributed by atoms with Crippen LogP contribution in [0.15, 0.2) is 12.1 Å². The first-order valence-corrected chi connectivity index (χ1v) is 7.45. The summed E-state index contributed by atoms with van der Waals surface area (Å²) < 4.78 is 35.9. The number of hydrogen-bond acceptors (Lipinski definition) is 5. The molecule has 0 aliphatic heterocycles. The predicted molar refractivity (Wildman–Crippen MR) is 72.3 cm³/mol. The molecular weight excluding hydrogens is 273 g/mol. The van der Waals surface area contributed by atoms with Crippen molar-refractivity contribution < 1.29 is 17.6 Å². The van der Waals surface area contributed by atoms with Crippen molar-refractivity contribution in [3.8, 4) is 0 Å². The van der Waals surface area contributed by atoms with E-state index in [1.54, 1.807) is 0 Å². The van der Waals surface area contributed by atoms with Crippen LogP contribution >= 0.6 is 0 Å².